The van der Waals surface area contributed by atoms with Gasteiger partial charge in [-0.25, -0.2) is 8.42 Å². The lowest BCUT2D eigenvalue weighted by atomic mass is 10.1. The lowest BCUT2D eigenvalue weighted by molar-refractivity contribution is 0.455. The number of benzene rings is 1. The van der Waals surface area contributed by atoms with E-state index in [2.05, 4.69) is 40.3 Å². The van der Waals surface area contributed by atoms with Crippen molar-refractivity contribution in [3.05, 3.63) is 34.3 Å². The normalized spacial score (nSPS) is 25.4. The molecule has 2 unspecified atom stereocenters. The minimum absolute atomic E-state index is 0.0731. The van der Waals surface area contributed by atoms with Gasteiger partial charge in [0.1, 0.15) is 0 Å². The summed E-state index contributed by atoms with van der Waals surface area (Å²) in [7, 11) is -2.96. The lowest BCUT2D eigenvalue weighted by Gasteiger charge is -2.24. The van der Waals surface area contributed by atoms with Gasteiger partial charge >= 0.3 is 0 Å². The molecule has 1 N–H and O–H groups in total. The Balaban J connectivity index is 2.08. The molecule has 106 valence electrons. The van der Waals surface area contributed by atoms with E-state index >= 15 is 0 Å². The molecule has 0 aliphatic heterocycles. The van der Waals surface area contributed by atoms with Gasteiger partial charge in [-0.1, -0.05) is 34.5 Å². The maximum Gasteiger partial charge on any atom is 0.151 e. The second-order valence-electron chi connectivity index (χ2n) is 5.35. The van der Waals surface area contributed by atoms with Crippen LogP contribution in [-0.4, -0.2) is 26.0 Å². The van der Waals surface area contributed by atoms with E-state index < -0.39 is 9.84 Å². The number of rotatable bonds is 4. The van der Waals surface area contributed by atoms with E-state index in [1.165, 1.54) is 11.8 Å². The van der Waals surface area contributed by atoms with Crippen molar-refractivity contribution in [2.75, 3.05) is 6.26 Å². The van der Waals surface area contributed by atoms with E-state index in [4.69, 9.17) is 0 Å². The first-order valence-corrected chi connectivity index (χ1v) is 9.33. The number of nitrogens with one attached hydrogen (secondary N) is 1. The fourth-order valence-corrected chi connectivity index (χ4v) is 4.65. The smallest absolute Gasteiger partial charge is 0.151 e. The van der Waals surface area contributed by atoms with Gasteiger partial charge in [0.2, 0.25) is 0 Å². The molecule has 0 bridgehead atoms. The molecule has 1 fully saturated rings. The third-order valence-electron chi connectivity index (χ3n) is 3.82. The second-order valence-corrected chi connectivity index (χ2v) is 8.53. The number of sulfone groups is 1. The highest BCUT2D eigenvalue weighted by atomic mass is 79.9. The van der Waals surface area contributed by atoms with Crippen LogP contribution in [-0.2, 0) is 9.84 Å². The fourth-order valence-electron chi connectivity index (χ4n) is 2.82. The molecule has 0 saturated heterocycles. The molecule has 1 aliphatic carbocycles. The predicted molar refractivity (Wildman–Crippen MR) is 82.0 cm³/mol. The van der Waals surface area contributed by atoms with Crippen LogP contribution in [0.5, 0.6) is 0 Å². The summed E-state index contributed by atoms with van der Waals surface area (Å²) in [6, 6.07) is 8.36. The Hall–Kier alpha value is -0.390. The van der Waals surface area contributed by atoms with Crippen molar-refractivity contribution in [3.63, 3.8) is 0 Å². The van der Waals surface area contributed by atoms with Crippen molar-refractivity contribution in [2.24, 2.45) is 0 Å². The zero-order chi connectivity index (χ0) is 14.0. The quantitative estimate of drug-likeness (QED) is 0.911. The summed E-state index contributed by atoms with van der Waals surface area (Å²) < 4.78 is 24.6. The van der Waals surface area contributed by atoms with Crippen molar-refractivity contribution in [2.45, 2.75) is 43.5 Å². The predicted octanol–water partition coefficient (Wildman–Crippen LogP) is 3.07. The standard InChI is InChI=1S/C14H20BrNO2S/c1-10(11-5-3-6-12(15)9-11)16-13-7-4-8-14(13)19(2,17)18/h3,5-6,9-10,13-14,16H,4,7-8H2,1-2H3/t10-,13?,14?/m0/s1. The summed E-state index contributed by atoms with van der Waals surface area (Å²) in [6.45, 7) is 2.08. The van der Waals surface area contributed by atoms with Crippen molar-refractivity contribution in [3.8, 4) is 0 Å². The lowest BCUT2D eigenvalue weighted by Crippen LogP contribution is -2.41. The number of halogens is 1. The van der Waals surface area contributed by atoms with Gasteiger partial charge in [-0.2, -0.15) is 0 Å². The first-order chi connectivity index (χ1) is 8.88. The van der Waals surface area contributed by atoms with E-state index in [0.29, 0.717) is 0 Å². The summed E-state index contributed by atoms with van der Waals surface area (Å²) in [5.74, 6) is 0. The molecule has 1 saturated carbocycles. The molecule has 0 aromatic heterocycles. The maximum absolute atomic E-state index is 11.8. The van der Waals surface area contributed by atoms with Crippen LogP contribution in [0.1, 0.15) is 37.8 Å². The Kier molecular flexibility index (Phi) is 4.69. The average Bonchev–Trinajstić information content (AvgIpc) is 2.77. The van der Waals surface area contributed by atoms with E-state index in [0.717, 1.165) is 23.7 Å². The van der Waals surface area contributed by atoms with Crippen molar-refractivity contribution < 1.29 is 8.42 Å². The van der Waals surface area contributed by atoms with Crippen LogP contribution in [0.3, 0.4) is 0 Å². The molecule has 5 heteroatoms. The Labute approximate surface area is 123 Å². The molecule has 1 aromatic rings. The molecule has 0 amide bonds. The van der Waals surface area contributed by atoms with E-state index in [1.54, 1.807) is 0 Å². The molecule has 19 heavy (non-hydrogen) atoms. The molecule has 0 heterocycles. The van der Waals surface area contributed by atoms with Gasteiger partial charge in [-0.3, -0.25) is 0 Å². The Bertz CT molecular complexity index is 544. The van der Waals surface area contributed by atoms with Crippen LogP contribution in [0.25, 0.3) is 0 Å². The molecule has 1 aromatic carbocycles. The van der Waals surface area contributed by atoms with Crippen LogP contribution in [0.4, 0.5) is 0 Å². The monoisotopic (exact) mass is 345 g/mol. The van der Waals surface area contributed by atoms with E-state index in [1.807, 2.05) is 12.1 Å². The molecule has 1 aliphatic rings. The average molecular weight is 346 g/mol. The summed E-state index contributed by atoms with van der Waals surface area (Å²) in [6.07, 6.45) is 4.06. The van der Waals surface area contributed by atoms with Crippen LogP contribution in [0, 0.1) is 0 Å². The Morgan fingerprint density at radius 1 is 1.37 bits per heavy atom. The molecular formula is C14H20BrNO2S. The SMILES string of the molecule is C[C@H](NC1CCCC1S(C)(=O)=O)c1cccc(Br)c1. The highest BCUT2D eigenvalue weighted by Crippen LogP contribution is 2.28. The summed E-state index contributed by atoms with van der Waals surface area (Å²) in [5.41, 5.74) is 1.17. The largest absolute Gasteiger partial charge is 0.306 e. The highest BCUT2D eigenvalue weighted by molar-refractivity contribution is 9.10. The van der Waals surface area contributed by atoms with Gasteiger partial charge < -0.3 is 5.32 Å². The van der Waals surface area contributed by atoms with Crippen LogP contribution in [0.15, 0.2) is 28.7 Å². The van der Waals surface area contributed by atoms with Gasteiger partial charge in [-0.05, 0) is 37.5 Å². The van der Waals surface area contributed by atoms with Gasteiger partial charge in [0.15, 0.2) is 9.84 Å². The summed E-state index contributed by atoms with van der Waals surface area (Å²) >= 11 is 3.46. The third-order valence-corrected chi connectivity index (χ3v) is 5.97. The van der Waals surface area contributed by atoms with Gasteiger partial charge in [0, 0.05) is 22.8 Å². The number of hydrogen-bond acceptors (Lipinski definition) is 3. The molecule has 3 atom stereocenters. The summed E-state index contributed by atoms with van der Waals surface area (Å²) in [5, 5.41) is 3.24. The maximum atomic E-state index is 11.8. The molecule has 0 spiro atoms. The van der Waals surface area contributed by atoms with E-state index in [9.17, 15) is 8.42 Å². The van der Waals surface area contributed by atoms with Crippen LogP contribution < -0.4 is 5.32 Å². The Morgan fingerprint density at radius 3 is 2.74 bits per heavy atom. The topological polar surface area (TPSA) is 46.2 Å². The van der Waals surface area contributed by atoms with Crippen molar-refractivity contribution in [1.29, 1.82) is 0 Å². The van der Waals surface area contributed by atoms with Crippen molar-refractivity contribution in [1.82, 2.24) is 5.32 Å². The Morgan fingerprint density at radius 2 is 2.11 bits per heavy atom. The van der Waals surface area contributed by atoms with Gasteiger partial charge in [-0.15, -0.1) is 0 Å². The minimum atomic E-state index is -2.96. The first kappa shape index (κ1) is 15.0. The minimum Gasteiger partial charge on any atom is -0.306 e. The van der Waals surface area contributed by atoms with Crippen molar-refractivity contribution >= 4 is 25.8 Å². The second kappa shape index (κ2) is 5.94. The zero-order valence-corrected chi connectivity index (χ0v) is 13.7. The molecular weight excluding hydrogens is 326 g/mol. The summed E-state index contributed by atoms with van der Waals surface area (Å²) in [4.78, 5) is 0. The van der Waals surface area contributed by atoms with Gasteiger partial charge in [0.05, 0.1) is 5.25 Å². The molecule has 3 nitrogen and oxygen atoms in total. The van der Waals surface area contributed by atoms with Gasteiger partial charge in [0.25, 0.3) is 0 Å². The molecule has 2 rings (SSSR count). The fraction of sp³-hybridized carbons (Fsp3) is 0.571. The zero-order valence-electron chi connectivity index (χ0n) is 11.3. The number of hydrogen-bond donors (Lipinski definition) is 1. The van der Waals surface area contributed by atoms with Crippen LogP contribution >= 0.6 is 15.9 Å². The third kappa shape index (κ3) is 3.80. The highest BCUT2D eigenvalue weighted by Gasteiger charge is 2.35. The van der Waals surface area contributed by atoms with E-state index in [-0.39, 0.29) is 17.3 Å². The first-order valence-electron chi connectivity index (χ1n) is 6.58. The molecule has 0 radical (unpaired) electrons. The van der Waals surface area contributed by atoms with Crippen LogP contribution in [0.2, 0.25) is 0 Å².